The maximum absolute atomic E-state index is 5.20. The van der Waals surface area contributed by atoms with E-state index in [9.17, 15) is 0 Å². The quantitative estimate of drug-likeness (QED) is 0.138. The average molecular weight is 871 g/mol. The zero-order valence-electron chi connectivity index (χ0n) is 36.4. The smallest absolute Gasteiger partial charge is 0.0893 e. The highest BCUT2D eigenvalue weighted by atomic mass is 14.8. The van der Waals surface area contributed by atoms with E-state index in [4.69, 9.17) is 19.9 Å². The van der Waals surface area contributed by atoms with Gasteiger partial charge >= 0.3 is 0 Å². The summed E-state index contributed by atoms with van der Waals surface area (Å²) in [6.07, 6.45) is 0. The zero-order chi connectivity index (χ0) is 44.5. The molecule has 15 rings (SSSR count). The Balaban J connectivity index is 0.937. The zero-order valence-corrected chi connectivity index (χ0v) is 36.4. The van der Waals surface area contributed by atoms with Gasteiger partial charge in [-0.05, 0) is 83.9 Å². The molecule has 0 fully saturated rings. The first-order chi connectivity index (χ1) is 33.6. The molecule has 0 atom stereocenters. The van der Waals surface area contributed by atoms with Gasteiger partial charge in [-0.2, -0.15) is 0 Å². The average Bonchev–Trinajstić information content (AvgIpc) is 4.21. The van der Waals surface area contributed by atoms with Crippen LogP contribution in [0.15, 0.2) is 194 Å². The van der Waals surface area contributed by atoms with Crippen molar-refractivity contribution in [3.63, 3.8) is 0 Å². The molecule has 8 nitrogen and oxygen atoms in total. The van der Waals surface area contributed by atoms with Crippen molar-refractivity contribution in [1.82, 2.24) is 39.9 Å². The molecule has 2 aliphatic heterocycles. The van der Waals surface area contributed by atoms with Gasteiger partial charge in [0.15, 0.2) is 0 Å². The van der Waals surface area contributed by atoms with Gasteiger partial charge in [0.05, 0.1) is 79.5 Å². The van der Waals surface area contributed by atoms with Gasteiger partial charge in [0, 0.05) is 66.6 Å². The molecular formula is C60H38N8. The van der Waals surface area contributed by atoms with Crippen molar-refractivity contribution in [2.45, 2.75) is 11.8 Å². The highest BCUT2D eigenvalue weighted by Crippen LogP contribution is 2.43. The Kier molecular flexibility index (Phi) is 7.74. The summed E-state index contributed by atoms with van der Waals surface area (Å²) in [7, 11) is 0. The van der Waals surface area contributed by atoms with Gasteiger partial charge < -0.3 is 19.9 Å². The summed E-state index contributed by atoms with van der Waals surface area (Å²) in [5, 5.41) is 4.52. The van der Waals surface area contributed by atoms with Crippen LogP contribution in [-0.4, -0.2) is 39.9 Å². The highest BCUT2D eigenvalue weighted by Gasteiger charge is 2.27. The number of H-pyrrole nitrogens is 4. The third kappa shape index (κ3) is 5.67. The summed E-state index contributed by atoms with van der Waals surface area (Å²) in [6.45, 7) is 0. The van der Waals surface area contributed by atoms with Crippen LogP contribution in [0, 0.1) is 0 Å². The van der Waals surface area contributed by atoms with E-state index in [0.29, 0.717) is 0 Å². The summed E-state index contributed by atoms with van der Waals surface area (Å²) in [5.41, 5.74) is 22.0. The molecule has 0 aliphatic carbocycles. The van der Waals surface area contributed by atoms with Crippen LogP contribution in [0.5, 0.6) is 0 Å². The molecule has 8 heteroatoms. The fourth-order valence-electron chi connectivity index (χ4n) is 11.0. The van der Waals surface area contributed by atoms with Gasteiger partial charge in [-0.15, -0.1) is 0 Å². The first-order valence-corrected chi connectivity index (χ1v) is 23.1. The minimum Gasteiger partial charge on any atom is -0.357 e. The lowest BCUT2D eigenvalue weighted by Crippen LogP contribution is -2.07. The van der Waals surface area contributed by atoms with Gasteiger partial charge in [-0.25, -0.2) is 19.9 Å². The number of aromatic amines is 4. The largest absolute Gasteiger partial charge is 0.357 e. The summed E-state index contributed by atoms with van der Waals surface area (Å²) in [4.78, 5) is 36.6. The molecule has 8 aromatic heterocycles. The van der Waals surface area contributed by atoms with E-state index in [0.717, 1.165) is 145 Å². The first-order valence-electron chi connectivity index (χ1n) is 23.1. The molecule has 68 heavy (non-hydrogen) atoms. The van der Waals surface area contributed by atoms with Gasteiger partial charge in [-0.1, -0.05) is 121 Å². The molecule has 5 aromatic carbocycles. The van der Waals surface area contributed by atoms with E-state index in [-0.39, 0.29) is 11.8 Å². The van der Waals surface area contributed by atoms with Crippen LogP contribution >= 0.6 is 0 Å². The van der Waals surface area contributed by atoms with Crippen molar-refractivity contribution in [1.29, 1.82) is 0 Å². The van der Waals surface area contributed by atoms with Crippen LogP contribution in [0.2, 0.25) is 0 Å². The monoisotopic (exact) mass is 870 g/mol. The second kappa shape index (κ2) is 14.2. The van der Waals surface area contributed by atoms with Crippen molar-refractivity contribution in [2.24, 2.45) is 0 Å². The summed E-state index contributed by atoms with van der Waals surface area (Å²) >= 11 is 0. The van der Waals surface area contributed by atoms with Crippen LogP contribution in [0.3, 0.4) is 0 Å². The normalized spacial score (nSPS) is 13.2. The fourth-order valence-corrected chi connectivity index (χ4v) is 11.0. The highest BCUT2D eigenvalue weighted by molar-refractivity contribution is 5.98. The number of hydrogen-bond acceptors (Lipinski definition) is 4. The molecule has 0 unspecified atom stereocenters. The molecule has 0 saturated heterocycles. The van der Waals surface area contributed by atoms with Crippen LogP contribution in [0.25, 0.3) is 111 Å². The third-order valence-corrected chi connectivity index (χ3v) is 14.2. The Bertz CT molecular complexity index is 3670. The van der Waals surface area contributed by atoms with Crippen molar-refractivity contribution in [3.8, 4) is 67.8 Å². The third-order valence-electron chi connectivity index (χ3n) is 14.2. The Morgan fingerprint density at radius 1 is 0.250 bits per heavy atom. The Labute approximate surface area is 389 Å². The van der Waals surface area contributed by atoms with Crippen molar-refractivity contribution in [3.05, 3.63) is 228 Å². The molecule has 16 bridgehead atoms. The SMILES string of the molecule is c1cc2nc(c1)-c1cccc3cc([nH]c13)C(c1ccc(C3c4cc5cccc(c5[nH]4)-c4cccc(n4)-c4cccc(n4)-c4cccc5cc3[nH]c45)cc1)c1cc3cccc(c3[nH]1)-c1cccc-2n1. The minimum atomic E-state index is -0.154. The fraction of sp³-hybridized carbons (Fsp3) is 0.0333. The predicted octanol–water partition coefficient (Wildman–Crippen LogP) is 14.2. The number of nitrogens with one attached hydrogen (secondary N) is 4. The second-order valence-electron chi connectivity index (χ2n) is 18.1. The molecular weight excluding hydrogens is 833 g/mol. The Morgan fingerprint density at radius 3 is 0.750 bits per heavy atom. The van der Waals surface area contributed by atoms with E-state index >= 15 is 0 Å². The maximum Gasteiger partial charge on any atom is 0.0893 e. The molecule has 0 spiro atoms. The van der Waals surface area contributed by atoms with E-state index in [2.05, 4.69) is 190 Å². The minimum absolute atomic E-state index is 0.154. The van der Waals surface area contributed by atoms with Crippen molar-refractivity contribution >= 4 is 43.6 Å². The predicted molar refractivity (Wildman–Crippen MR) is 272 cm³/mol. The van der Waals surface area contributed by atoms with Gasteiger partial charge in [-0.3, -0.25) is 0 Å². The molecule has 0 amide bonds. The van der Waals surface area contributed by atoms with E-state index in [1.54, 1.807) is 0 Å². The summed E-state index contributed by atoms with van der Waals surface area (Å²) < 4.78 is 0. The lowest BCUT2D eigenvalue weighted by molar-refractivity contribution is 0.887. The van der Waals surface area contributed by atoms with Crippen LogP contribution in [-0.2, 0) is 0 Å². The number of rotatable bonds is 2. The van der Waals surface area contributed by atoms with Crippen LogP contribution in [0.1, 0.15) is 45.7 Å². The lowest BCUT2D eigenvalue weighted by atomic mass is 9.87. The second-order valence-corrected chi connectivity index (χ2v) is 18.1. The summed E-state index contributed by atoms with van der Waals surface area (Å²) in [6, 6.07) is 69.2. The molecule has 13 aromatic rings. The molecule has 2 aliphatic rings. The first kappa shape index (κ1) is 37.1. The van der Waals surface area contributed by atoms with Gasteiger partial charge in [0.25, 0.3) is 0 Å². The van der Waals surface area contributed by atoms with E-state index in [1.807, 2.05) is 24.3 Å². The van der Waals surface area contributed by atoms with Gasteiger partial charge in [0.1, 0.15) is 0 Å². The molecule has 4 N–H and O–H groups in total. The molecule has 0 saturated carbocycles. The molecule has 0 radical (unpaired) electrons. The van der Waals surface area contributed by atoms with Crippen LogP contribution in [0.4, 0.5) is 0 Å². The van der Waals surface area contributed by atoms with Gasteiger partial charge in [0.2, 0.25) is 0 Å². The topological polar surface area (TPSA) is 115 Å². The van der Waals surface area contributed by atoms with E-state index in [1.165, 1.54) is 0 Å². The Morgan fingerprint density at radius 2 is 0.485 bits per heavy atom. The number of aromatic nitrogens is 8. The summed E-state index contributed by atoms with van der Waals surface area (Å²) in [5.74, 6) is -0.307. The lowest BCUT2D eigenvalue weighted by Gasteiger charge is -2.19. The van der Waals surface area contributed by atoms with Crippen molar-refractivity contribution < 1.29 is 0 Å². The number of nitrogens with zero attached hydrogens (tertiary/aromatic N) is 4. The van der Waals surface area contributed by atoms with E-state index < -0.39 is 0 Å². The molecule has 318 valence electrons. The number of fused-ring (bicyclic) bond motifs is 18. The number of benzene rings is 5. The molecule has 10 heterocycles. The van der Waals surface area contributed by atoms with Crippen LogP contribution < -0.4 is 0 Å². The number of hydrogen-bond donors (Lipinski definition) is 4. The standard InChI is InChI=1S/C60H38N8/c1-9-35-29-51-55(52-30-36-10-2-14-40(58(36)66-52)44-18-6-22-48(62-44)47-21-5-17-43(61-47)39(13-1)57(35)65-51)33-25-27-34(28-26-33)56-53-31-37-11-3-15-41(59(37)67-53)45-19-7-23-49(63-45)50-24-8-20-46(64-50)42-16-4-12-38-32-54(56)68-60(38)42/h1-32,55-56,65-68H. The van der Waals surface area contributed by atoms with Crippen molar-refractivity contribution in [2.75, 3.05) is 0 Å². The Hall–Kier alpha value is -9.14. The number of pyridine rings is 4. The maximum atomic E-state index is 5.20. The number of para-hydroxylation sites is 4.